The van der Waals surface area contributed by atoms with Gasteiger partial charge in [0, 0.05) is 12.2 Å². The van der Waals surface area contributed by atoms with Crippen LogP contribution in [0.1, 0.15) is 5.69 Å². The smallest absolute Gasteiger partial charge is 0.248 e. The van der Waals surface area contributed by atoms with Gasteiger partial charge in [0.2, 0.25) is 5.91 Å². The van der Waals surface area contributed by atoms with E-state index in [0.29, 0.717) is 18.1 Å². The van der Waals surface area contributed by atoms with Gasteiger partial charge in [0.15, 0.2) is 15.7 Å². The second-order valence-electron chi connectivity index (χ2n) is 4.64. The summed E-state index contributed by atoms with van der Waals surface area (Å²) < 4.78 is 23.2. The average Bonchev–Trinajstić information content (AvgIpc) is 2.29. The van der Waals surface area contributed by atoms with Crippen LogP contribution in [0.25, 0.3) is 0 Å². The number of carbonyl (C=O) groups excluding carboxylic acids is 1. The van der Waals surface area contributed by atoms with Gasteiger partial charge in [-0.25, -0.2) is 13.4 Å². The summed E-state index contributed by atoms with van der Waals surface area (Å²) >= 11 is 0. The van der Waals surface area contributed by atoms with Crippen molar-refractivity contribution in [2.45, 2.75) is 13.0 Å². The zero-order valence-corrected chi connectivity index (χ0v) is 10.7. The van der Waals surface area contributed by atoms with Crippen molar-refractivity contribution in [3.05, 3.63) is 17.8 Å². The highest BCUT2D eigenvalue weighted by Gasteiger charge is 2.40. The molecule has 1 unspecified atom stereocenters. The van der Waals surface area contributed by atoms with Gasteiger partial charge in [-0.15, -0.1) is 0 Å². The predicted octanol–water partition coefficient (Wildman–Crippen LogP) is -0.0545. The largest absolute Gasteiger partial charge is 0.341 e. The fourth-order valence-corrected chi connectivity index (χ4v) is 3.81. The number of hydrogen-bond donors (Lipinski definition) is 1. The Hall–Kier alpha value is -1.63. The molecule has 2 aliphatic heterocycles. The molecule has 0 saturated carbocycles. The van der Waals surface area contributed by atoms with Gasteiger partial charge in [0.1, 0.15) is 6.04 Å². The second kappa shape index (κ2) is 3.68. The first-order valence-electron chi connectivity index (χ1n) is 5.72. The number of hydrogen-bond acceptors (Lipinski definition) is 5. The first-order valence-corrected chi connectivity index (χ1v) is 7.54. The highest BCUT2D eigenvalue weighted by Crippen LogP contribution is 2.32. The molecule has 1 N–H and O–H groups in total. The summed E-state index contributed by atoms with van der Waals surface area (Å²) in [5, 5.41) is 2.72. The normalized spacial score (nSPS) is 25.1. The summed E-state index contributed by atoms with van der Waals surface area (Å²) in [6.07, 6.45) is 0. The van der Waals surface area contributed by atoms with Crippen LogP contribution in [0.15, 0.2) is 12.1 Å². The highest BCUT2D eigenvalue weighted by molar-refractivity contribution is 7.91. The number of fused-ring (bicyclic) bond motifs is 3. The molecule has 1 aromatic heterocycles. The lowest BCUT2D eigenvalue weighted by molar-refractivity contribution is -0.117. The van der Waals surface area contributed by atoms with E-state index < -0.39 is 15.9 Å². The van der Waals surface area contributed by atoms with E-state index in [1.807, 2.05) is 13.0 Å². The van der Waals surface area contributed by atoms with Gasteiger partial charge < -0.3 is 10.2 Å². The molecular weight excluding hydrogens is 254 g/mol. The van der Waals surface area contributed by atoms with Crippen LogP contribution in [0.4, 0.5) is 11.5 Å². The molecule has 1 atom stereocenters. The van der Waals surface area contributed by atoms with Crippen LogP contribution in [-0.2, 0) is 14.6 Å². The fraction of sp³-hybridized carbons (Fsp3) is 0.455. The van der Waals surface area contributed by atoms with E-state index in [1.165, 1.54) is 0 Å². The molecule has 2 aliphatic rings. The van der Waals surface area contributed by atoms with Crippen LogP contribution < -0.4 is 10.2 Å². The Bertz CT molecular complexity index is 626. The van der Waals surface area contributed by atoms with E-state index in [2.05, 4.69) is 10.3 Å². The topological polar surface area (TPSA) is 79.4 Å². The number of nitrogens with zero attached hydrogens (tertiary/aromatic N) is 2. The number of aryl methyl sites for hydroxylation is 1. The van der Waals surface area contributed by atoms with Crippen molar-refractivity contribution in [2.24, 2.45) is 0 Å². The van der Waals surface area contributed by atoms with Crippen molar-refractivity contribution in [3.63, 3.8) is 0 Å². The van der Waals surface area contributed by atoms with Crippen LogP contribution >= 0.6 is 0 Å². The highest BCUT2D eigenvalue weighted by atomic mass is 32.2. The van der Waals surface area contributed by atoms with Gasteiger partial charge >= 0.3 is 0 Å². The molecule has 6 nitrogen and oxygen atoms in total. The fourth-order valence-electron chi connectivity index (χ4n) is 2.35. The molecule has 0 bridgehead atoms. The summed E-state index contributed by atoms with van der Waals surface area (Å²) in [6.45, 7) is 2.19. The third kappa shape index (κ3) is 1.74. The maximum Gasteiger partial charge on any atom is 0.248 e. The Morgan fingerprint density at radius 2 is 2.22 bits per heavy atom. The Morgan fingerprint density at radius 3 is 3.00 bits per heavy atom. The summed E-state index contributed by atoms with van der Waals surface area (Å²) in [5.74, 6) is 0.352. The van der Waals surface area contributed by atoms with E-state index in [9.17, 15) is 13.2 Å². The van der Waals surface area contributed by atoms with E-state index in [-0.39, 0.29) is 17.4 Å². The molecule has 1 amide bonds. The van der Waals surface area contributed by atoms with Crippen molar-refractivity contribution in [3.8, 4) is 0 Å². The van der Waals surface area contributed by atoms with Crippen LogP contribution in [0.2, 0.25) is 0 Å². The molecule has 96 valence electrons. The van der Waals surface area contributed by atoms with Crippen molar-refractivity contribution >= 4 is 27.2 Å². The number of anilines is 2. The minimum absolute atomic E-state index is 0.0752. The molecule has 1 aromatic rings. The van der Waals surface area contributed by atoms with Crippen LogP contribution in [-0.4, -0.2) is 43.4 Å². The minimum atomic E-state index is -3.13. The predicted molar refractivity (Wildman–Crippen MR) is 67.4 cm³/mol. The zero-order chi connectivity index (χ0) is 12.9. The molecule has 7 heteroatoms. The Morgan fingerprint density at radius 1 is 1.44 bits per heavy atom. The lowest BCUT2D eigenvalue weighted by Gasteiger charge is -2.39. The van der Waals surface area contributed by atoms with E-state index in [1.54, 1.807) is 11.0 Å². The number of aromatic nitrogens is 1. The molecule has 3 rings (SSSR count). The van der Waals surface area contributed by atoms with Crippen LogP contribution in [0.5, 0.6) is 0 Å². The monoisotopic (exact) mass is 267 g/mol. The molecule has 0 aromatic carbocycles. The maximum atomic E-state index is 11.9. The minimum Gasteiger partial charge on any atom is -0.341 e. The van der Waals surface area contributed by atoms with E-state index in [4.69, 9.17) is 0 Å². The van der Waals surface area contributed by atoms with Crippen LogP contribution in [0, 0.1) is 6.92 Å². The summed E-state index contributed by atoms with van der Waals surface area (Å²) in [7, 11) is -3.13. The Labute approximate surface area is 105 Å². The van der Waals surface area contributed by atoms with Crippen molar-refractivity contribution in [2.75, 3.05) is 28.3 Å². The molecule has 0 aliphatic carbocycles. The zero-order valence-electron chi connectivity index (χ0n) is 9.88. The number of sulfone groups is 1. The first kappa shape index (κ1) is 11.5. The third-order valence-corrected chi connectivity index (χ3v) is 4.91. The quantitative estimate of drug-likeness (QED) is 0.712. The van der Waals surface area contributed by atoms with Gasteiger partial charge in [-0.05, 0) is 19.1 Å². The van der Waals surface area contributed by atoms with Gasteiger partial charge in [0.25, 0.3) is 0 Å². The van der Waals surface area contributed by atoms with Crippen molar-refractivity contribution in [1.82, 2.24) is 4.98 Å². The molecule has 1 saturated heterocycles. The maximum absolute atomic E-state index is 11.9. The van der Waals surface area contributed by atoms with Crippen molar-refractivity contribution in [1.29, 1.82) is 0 Å². The Balaban J connectivity index is 2.07. The van der Waals surface area contributed by atoms with Gasteiger partial charge in [-0.3, -0.25) is 4.79 Å². The van der Waals surface area contributed by atoms with Gasteiger partial charge in [-0.1, -0.05) is 0 Å². The lowest BCUT2D eigenvalue weighted by atomic mass is 10.1. The van der Waals surface area contributed by atoms with E-state index >= 15 is 0 Å². The molecule has 0 radical (unpaired) electrons. The average molecular weight is 267 g/mol. The molecule has 18 heavy (non-hydrogen) atoms. The summed E-state index contributed by atoms with van der Waals surface area (Å²) in [5.41, 5.74) is 1.50. The third-order valence-electron chi connectivity index (χ3n) is 3.28. The van der Waals surface area contributed by atoms with Crippen molar-refractivity contribution < 1.29 is 13.2 Å². The molecule has 1 fully saturated rings. The van der Waals surface area contributed by atoms with Gasteiger partial charge in [0.05, 0.1) is 17.2 Å². The number of rotatable bonds is 0. The molecular formula is C11H13N3O3S. The number of carbonyl (C=O) groups is 1. The lowest BCUT2D eigenvalue weighted by Crippen LogP contribution is -2.57. The van der Waals surface area contributed by atoms with Gasteiger partial charge in [-0.2, -0.15) is 0 Å². The first-order chi connectivity index (χ1) is 8.46. The molecule has 3 heterocycles. The van der Waals surface area contributed by atoms with Crippen LogP contribution in [0.3, 0.4) is 0 Å². The number of pyridine rings is 1. The SMILES string of the molecule is Cc1ccc2c(n1)N1CCS(=O)(=O)CC1C(=O)N2. The number of nitrogens with one attached hydrogen (secondary N) is 1. The summed E-state index contributed by atoms with van der Waals surface area (Å²) in [4.78, 5) is 18.1. The summed E-state index contributed by atoms with van der Waals surface area (Å²) in [6, 6.07) is 2.97. The second-order valence-corrected chi connectivity index (χ2v) is 6.87. The number of amides is 1. The Kier molecular flexibility index (Phi) is 2.34. The van der Waals surface area contributed by atoms with E-state index in [0.717, 1.165) is 5.69 Å². The molecule has 0 spiro atoms. The standard InChI is InChI=1S/C11H13N3O3S/c1-7-2-3-8-10(12-7)14-4-5-18(16,17)6-9(14)11(15)13-8/h2-3,9H,4-6H2,1H3,(H,13,15).